The van der Waals surface area contributed by atoms with Crippen LogP contribution in [0.1, 0.15) is 17.5 Å². The number of rotatable bonds is 3. The summed E-state index contributed by atoms with van der Waals surface area (Å²) in [6.45, 7) is 0. The lowest BCUT2D eigenvalue weighted by Gasteiger charge is -2.22. The van der Waals surface area contributed by atoms with Gasteiger partial charge in [-0.15, -0.1) is 0 Å². The molecule has 1 aliphatic rings. The summed E-state index contributed by atoms with van der Waals surface area (Å²) < 4.78 is 0. The number of hydrogen-bond acceptors (Lipinski definition) is 3. The molecule has 3 rings (SSSR count). The van der Waals surface area contributed by atoms with E-state index in [1.54, 1.807) is 12.1 Å². The highest BCUT2D eigenvalue weighted by Gasteiger charge is 2.13. The van der Waals surface area contributed by atoms with Gasteiger partial charge in [-0.3, -0.25) is 10.1 Å². The van der Waals surface area contributed by atoms with Gasteiger partial charge in [-0.05, 0) is 24.1 Å². The van der Waals surface area contributed by atoms with Crippen LogP contribution >= 0.6 is 0 Å². The molecule has 2 aromatic rings. The summed E-state index contributed by atoms with van der Waals surface area (Å²) in [6.07, 6.45) is 9.37. The van der Waals surface area contributed by atoms with Crippen molar-refractivity contribution in [2.45, 2.75) is 6.42 Å². The van der Waals surface area contributed by atoms with Crippen molar-refractivity contribution in [3.63, 3.8) is 0 Å². The number of anilines is 2. The molecule has 0 fully saturated rings. The van der Waals surface area contributed by atoms with Gasteiger partial charge in [-0.2, -0.15) is 0 Å². The Morgan fingerprint density at radius 2 is 1.86 bits per heavy atom. The van der Waals surface area contributed by atoms with Crippen molar-refractivity contribution in [3.8, 4) is 0 Å². The number of fused-ring (bicyclic) bond motifs is 1. The maximum atomic E-state index is 11.0. The highest BCUT2D eigenvalue weighted by molar-refractivity contribution is 5.81. The van der Waals surface area contributed by atoms with Crippen LogP contribution in [0, 0.1) is 10.1 Å². The van der Waals surface area contributed by atoms with Gasteiger partial charge in [0.2, 0.25) is 0 Å². The maximum Gasteiger partial charge on any atom is 0.271 e. The molecule has 4 nitrogen and oxygen atoms in total. The number of non-ortho nitro benzene ring substituents is 1. The van der Waals surface area contributed by atoms with Crippen molar-refractivity contribution in [2.24, 2.45) is 0 Å². The third-order valence-corrected chi connectivity index (χ3v) is 3.76. The fourth-order valence-corrected chi connectivity index (χ4v) is 2.60. The van der Waals surface area contributed by atoms with E-state index in [4.69, 9.17) is 0 Å². The summed E-state index contributed by atoms with van der Waals surface area (Å²) in [4.78, 5) is 12.6. The summed E-state index contributed by atoms with van der Waals surface area (Å²) in [6, 6.07) is 12.8. The lowest BCUT2D eigenvalue weighted by molar-refractivity contribution is -0.384. The lowest BCUT2D eigenvalue weighted by Crippen LogP contribution is -2.11. The Morgan fingerprint density at radius 3 is 2.68 bits per heavy atom. The summed E-state index contributed by atoms with van der Waals surface area (Å²) in [5.41, 5.74) is 4.21. The first-order valence-corrected chi connectivity index (χ1v) is 7.11. The van der Waals surface area contributed by atoms with Crippen molar-refractivity contribution in [1.82, 2.24) is 0 Å². The molecule has 0 aliphatic heterocycles. The van der Waals surface area contributed by atoms with Gasteiger partial charge in [0.05, 0.1) is 4.92 Å². The molecule has 22 heavy (non-hydrogen) atoms. The second-order valence-corrected chi connectivity index (χ2v) is 5.16. The van der Waals surface area contributed by atoms with Crippen molar-refractivity contribution in [1.29, 1.82) is 0 Å². The Kier molecular flexibility index (Phi) is 3.74. The minimum absolute atomic E-state index is 0.0989. The Balaban J connectivity index is 2.06. The van der Waals surface area contributed by atoms with Crippen molar-refractivity contribution >= 4 is 29.2 Å². The average Bonchev–Trinajstić information content (AvgIpc) is 2.79. The van der Waals surface area contributed by atoms with Crippen LogP contribution in [-0.2, 0) is 0 Å². The molecule has 0 atom stereocenters. The van der Waals surface area contributed by atoms with Gasteiger partial charge in [0, 0.05) is 36.1 Å². The minimum Gasteiger partial charge on any atom is -0.344 e. The predicted molar refractivity (Wildman–Crippen MR) is 90.3 cm³/mol. The zero-order chi connectivity index (χ0) is 15.5. The first-order chi connectivity index (χ1) is 10.7. The van der Waals surface area contributed by atoms with Crippen molar-refractivity contribution < 1.29 is 4.92 Å². The largest absolute Gasteiger partial charge is 0.344 e. The topological polar surface area (TPSA) is 46.4 Å². The van der Waals surface area contributed by atoms with Gasteiger partial charge in [-0.1, -0.05) is 42.5 Å². The molecule has 0 aromatic heterocycles. The van der Waals surface area contributed by atoms with Crippen LogP contribution in [0.3, 0.4) is 0 Å². The van der Waals surface area contributed by atoms with E-state index in [-0.39, 0.29) is 10.6 Å². The molecule has 0 heterocycles. The first-order valence-electron chi connectivity index (χ1n) is 7.11. The molecule has 0 spiro atoms. The van der Waals surface area contributed by atoms with Crippen LogP contribution in [0.15, 0.2) is 54.6 Å². The number of nitro benzene ring substituents is 1. The molecule has 0 amide bonds. The highest BCUT2D eigenvalue weighted by Crippen LogP contribution is 2.33. The van der Waals surface area contributed by atoms with Crippen LogP contribution in [0.5, 0.6) is 0 Å². The number of nitrogens with zero attached hydrogens (tertiary/aromatic N) is 2. The fourth-order valence-electron chi connectivity index (χ4n) is 2.60. The molecule has 4 heteroatoms. The van der Waals surface area contributed by atoms with Gasteiger partial charge in [0.25, 0.3) is 5.69 Å². The molecule has 110 valence electrons. The van der Waals surface area contributed by atoms with Crippen molar-refractivity contribution in [3.05, 3.63) is 75.9 Å². The summed E-state index contributed by atoms with van der Waals surface area (Å²) in [7, 11) is 1.93. The minimum atomic E-state index is -0.370. The van der Waals surface area contributed by atoms with Crippen LogP contribution < -0.4 is 4.90 Å². The van der Waals surface area contributed by atoms with E-state index in [0.29, 0.717) is 0 Å². The Bertz CT molecular complexity index is 778. The molecule has 0 saturated carbocycles. The molecule has 0 unspecified atom stereocenters. The quantitative estimate of drug-likeness (QED) is 0.603. The van der Waals surface area contributed by atoms with E-state index >= 15 is 0 Å². The van der Waals surface area contributed by atoms with E-state index < -0.39 is 0 Å². The zero-order valence-corrected chi connectivity index (χ0v) is 12.3. The molecule has 1 aliphatic carbocycles. The summed E-state index contributed by atoms with van der Waals surface area (Å²) in [5, 5.41) is 11.0. The molecule has 2 aromatic carbocycles. The van der Waals surface area contributed by atoms with E-state index in [9.17, 15) is 10.1 Å². The highest BCUT2D eigenvalue weighted by atomic mass is 16.6. The third-order valence-electron chi connectivity index (χ3n) is 3.76. The molecule has 0 radical (unpaired) electrons. The number of hydrogen-bond donors (Lipinski definition) is 0. The number of nitro groups is 1. The molecule has 0 N–H and O–H groups in total. The van der Waals surface area contributed by atoms with Crippen LogP contribution in [-0.4, -0.2) is 12.0 Å². The Hall–Kier alpha value is -2.88. The summed E-state index contributed by atoms with van der Waals surface area (Å²) >= 11 is 0. The normalized spacial score (nSPS) is 12.6. The smallest absolute Gasteiger partial charge is 0.271 e. The van der Waals surface area contributed by atoms with Gasteiger partial charge in [0.1, 0.15) is 0 Å². The van der Waals surface area contributed by atoms with Crippen molar-refractivity contribution in [2.75, 3.05) is 11.9 Å². The first kappa shape index (κ1) is 14.1. The van der Waals surface area contributed by atoms with Gasteiger partial charge < -0.3 is 4.90 Å². The number of allylic oxidation sites excluding steroid dienone is 2. The number of benzene rings is 2. The van der Waals surface area contributed by atoms with Crippen LogP contribution in [0.4, 0.5) is 17.1 Å². The van der Waals surface area contributed by atoms with E-state index in [2.05, 4.69) is 30.4 Å². The zero-order valence-electron chi connectivity index (χ0n) is 12.3. The van der Waals surface area contributed by atoms with E-state index in [1.165, 1.54) is 6.07 Å². The molecule has 0 bridgehead atoms. The predicted octanol–water partition coefficient (Wildman–Crippen LogP) is 4.79. The lowest BCUT2D eigenvalue weighted by atomic mass is 10.0. The van der Waals surface area contributed by atoms with Gasteiger partial charge in [-0.25, -0.2) is 0 Å². The van der Waals surface area contributed by atoms with Crippen LogP contribution in [0.25, 0.3) is 12.2 Å². The van der Waals surface area contributed by atoms with E-state index in [1.807, 2.05) is 30.1 Å². The molecular formula is C18H16N2O2. The summed E-state index contributed by atoms with van der Waals surface area (Å²) in [5.74, 6) is 0. The second kappa shape index (κ2) is 5.85. The molecule has 0 saturated heterocycles. The fraction of sp³-hybridized carbons (Fsp3) is 0.111. The Labute approximate surface area is 129 Å². The maximum absolute atomic E-state index is 11.0. The second-order valence-electron chi connectivity index (χ2n) is 5.16. The standard InChI is InChI=1S/C18H16N2O2/c1-19(15-9-6-10-16(13-15)20(21)22)18-12-5-8-14-7-3-2-4-11-17(14)18/h3-13H,2H2,1H3. The van der Waals surface area contributed by atoms with E-state index in [0.717, 1.165) is 28.9 Å². The SMILES string of the molecule is CN(c1cccc([N+](=O)[O-])c1)c1cccc2c1C=CCC=C2. The monoisotopic (exact) mass is 292 g/mol. The van der Waals surface area contributed by atoms with Gasteiger partial charge >= 0.3 is 0 Å². The van der Waals surface area contributed by atoms with Crippen LogP contribution in [0.2, 0.25) is 0 Å². The van der Waals surface area contributed by atoms with Gasteiger partial charge in [0.15, 0.2) is 0 Å². The third kappa shape index (κ3) is 2.63. The average molecular weight is 292 g/mol. The molecular weight excluding hydrogens is 276 g/mol. The Morgan fingerprint density at radius 1 is 1.09 bits per heavy atom.